The predicted octanol–water partition coefficient (Wildman–Crippen LogP) is 0.622. The van der Waals surface area contributed by atoms with Crippen LogP contribution in [0.1, 0.15) is 20.8 Å². The molecule has 1 saturated heterocycles. The van der Waals surface area contributed by atoms with Crippen molar-refractivity contribution in [3.8, 4) is 0 Å². The Morgan fingerprint density at radius 1 is 1.67 bits per heavy atom. The lowest BCUT2D eigenvalue weighted by atomic mass is 10.1. The van der Waals surface area contributed by atoms with Gasteiger partial charge in [-0.05, 0) is 20.8 Å². The van der Waals surface area contributed by atoms with Gasteiger partial charge in [0.25, 0.3) is 0 Å². The molecule has 0 bridgehead atoms. The molecule has 0 aromatic rings. The van der Waals surface area contributed by atoms with Gasteiger partial charge in [0.05, 0.1) is 12.7 Å². The molecule has 0 saturated carbocycles. The molecule has 0 radical (unpaired) electrons. The Hall–Kier alpha value is 0.0300. The molecule has 4 nitrogen and oxygen atoms in total. The Morgan fingerprint density at radius 2 is 2.17 bits per heavy atom. The van der Waals surface area contributed by atoms with Crippen LogP contribution in [0.2, 0.25) is 0 Å². The maximum Gasteiger partial charge on any atom is 0.235 e. The minimum Gasteiger partial charge on any atom is -0.372 e. The zero-order valence-electron chi connectivity index (χ0n) is 7.61. The third kappa shape index (κ3) is 2.82. The van der Waals surface area contributed by atoms with E-state index in [1.165, 1.54) is 4.31 Å². The zero-order valence-corrected chi connectivity index (χ0v) is 8.43. The molecule has 0 spiro atoms. The van der Waals surface area contributed by atoms with Gasteiger partial charge >= 0.3 is 0 Å². The fourth-order valence-corrected chi connectivity index (χ4v) is 1.69. The van der Waals surface area contributed by atoms with Crippen molar-refractivity contribution >= 4 is 11.3 Å². The standard InChI is InChI=1S/C7H15NO3S/c1-7(2,3)8(12(9)10)4-6-5-11-6/h6H,4-5H2,1-3H3,(H,9,10). The highest BCUT2D eigenvalue weighted by Gasteiger charge is 2.33. The van der Waals surface area contributed by atoms with Gasteiger partial charge in [-0.3, -0.25) is 4.55 Å². The second-order valence-electron chi connectivity index (χ2n) is 3.92. The Labute approximate surface area is 75.3 Å². The van der Waals surface area contributed by atoms with Crippen LogP contribution in [0.5, 0.6) is 0 Å². The van der Waals surface area contributed by atoms with E-state index in [-0.39, 0.29) is 11.6 Å². The average Bonchev–Trinajstić information content (AvgIpc) is 2.61. The topological polar surface area (TPSA) is 53.1 Å². The minimum absolute atomic E-state index is 0.153. The molecule has 0 amide bonds. The lowest BCUT2D eigenvalue weighted by molar-refractivity contribution is 0.223. The Bertz CT molecular complexity index is 186. The highest BCUT2D eigenvalue weighted by Crippen LogP contribution is 2.19. The summed E-state index contributed by atoms with van der Waals surface area (Å²) in [6.45, 7) is 6.97. The molecule has 1 heterocycles. The van der Waals surface area contributed by atoms with Crippen molar-refractivity contribution in [2.75, 3.05) is 13.2 Å². The van der Waals surface area contributed by atoms with Crippen molar-refractivity contribution in [1.82, 2.24) is 4.31 Å². The van der Waals surface area contributed by atoms with Crippen LogP contribution in [0.25, 0.3) is 0 Å². The van der Waals surface area contributed by atoms with Crippen molar-refractivity contribution in [2.24, 2.45) is 0 Å². The van der Waals surface area contributed by atoms with E-state index >= 15 is 0 Å². The molecule has 2 unspecified atom stereocenters. The van der Waals surface area contributed by atoms with E-state index in [1.807, 2.05) is 20.8 Å². The molecule has 1 aliphatic rings. The van der Waals surface area contributed by atoms with Gasteiger partial charge in [0.2, 0.25) is 11.3 Å². The number of nitrogens with zero attached hydrogens (tertiary/aromatic N) is 1. The van der Waals surface area contributed by atoms with Gasteiger partial charge in [0, 0.05) is 12.1 Å². The smallest absolute Gasteiger partial charge is 0.235 e. The maximum atomic E-state index is 10.9. The summed E-state index contributed by atoms with van der Waals surface area (Å²) in [7, 11) is 0. The molecule has 1 aliphatic heterocycles. The zero-order chi connectivity index (χ0) is 9.35. The second kappa shape index (κ2) is 3.41. The molecular weight excluding hydrogens is 178 g/mol. The van der Waals surface area contributed by atoms with E-state index in [4.69, 9.17) is 9.29 Å². The molecule has 12 heavy (non-hydrogen) atoms. The van der Waals surface area contributed by atoms with Crippen LogP contribution in [-0.4, -0.2) is 37.9 Å². The molecule has 1 fully saturated rings. The van der Waals surface area contributed by atoms with Crippen molar-refractivity contribution in [2.45, 2.75) is 32.4 Å². The number of hydrogen-bond acceptors (Lipinski definition) is 2. The van der Waals surface area contributed by atoms with Gasteiger partial charge in [-0.25, -0.2) is 4.21 Å². The summed E-state index contributed by atoms with van der Waals surface area (Å²) in [4.78, 5) is 0. The van der Waals surface area contributed by atoms with Gasteiger partial charge in [-0.2, -0.15) is 4.31 Å². The third-order valence-corrected chi connectivity index (χ3v) is 2.78. The minimum atomic E-state index is -1.90. The maximum absolute atomic E-state index is 10.9. The summed E-state index contributed by atoms with van der Waals surface area (Å²) in [5.41, 5.74) is -0.286. The normalized spacial score (nSPS) is 25.9. The van der Waals surface area contributed by atoms with Gasteiger partial charge in [-0.15, -0.1) is 0 Å². The van der Waals surface area contributed by atoms with Crippen molar-refractivity contribution in [3.63, 3.8) is 0 Å². The van der Waals surface area contributed by atoms with Crippen LogP contribution in [0.4, 0.5) is 0 Å². The number of rotatable bonds is 3. The first-order chi connectivity index (χ1) is 5.41. The van der Waals surface area contributed by atoms with E-state index < -0.39 is 11.3 Å². The van der Waals surface area contributed by atoms with E-state index in [9.17, 15) is 4.21 Å². The first kappa shape index (κ1) is 10.1. The molecule has 1 rings (SSSR count). The van der Waals surface area contributed by atoms with Crippen LogP contribution in [0, 0.1) is 0 Å². The highest BCUT2D eigenvalue weighted by atomic mass is 32.2. The largest absolute Gasteiger partial charge is 0.372 e. The predicted molar refractivity (Wildman–Crippen MR) is 47.0 cm³/mol. The van der Waals surface area contributed by atoms with Crippen molar-refractivity contribution < 1.29 is 13.5 Å². The SMILES string of the molecule is CC(C)(C)N(CC1CO1)S(=O)O. The van der Waals surface area contributed by atoms with Crippen LogP contribution in [0.3, 0.4) is 0 Å². The summed E-state index contributed by atoms with van der Waals surface area (Å²) in [6.07, 6.45) is 0.153. The molecule has 0 aliphatic carbocycles. The second-order valence-corrected chi connectivity index (χ2v) is 4.82. The quantitative estimate of drug-likeness (QED) is 0.528. The summed E-state index contributed by atoms with van der Waals surface area (Å²) in [5, 5.41) is 0. The Balaban J connectivity index is 2.53. The summed E-state index contributed by atoms with van der Waals surface area (Å²) >= 11 is -1.90. The van der Waals surface area contributed by atoms with Crippen LogP contribution >= 0.6 is 0 Å². The number of epoxide rings is 1. The average molecular weight is 193 g/mol. The van der Waals surface area contributed by atoms with Crippen LogP contribution in [-0.2, 0) is 16.0 Å². The van der Waals surface area contributed by atoms with Gasteiger partial charge in [-0.1, -0.05) is 0 Å². The van der Waals surface area contributed by atoms with E-state index in [1.54, 1.807) is 0 Å². The summed E-state index contributed by atoms with van der Waals surface area (Å²) < 4.78 is 26.4. The Morgan fingerprint density at radius 3 is 2.42 bits per heavy atom. The van der Waals surface area contributed by atoms with E-state index in [0.29, 0.717) is 13.2 Å². The molecule has 72 valence electrons. The Kier molecular flexibility index (Phi) is 2.88. The molecule has 0 aromatic heterocycles. The lowest BCUT2D eigenvalue weighted by Gasteiger charge is -2.30. The van der Waals surface area contributed by atoms with Gasteiger partial charge < -0.3 is 4.74 Å². The first-order valence-corrected chi connectivity index (χ1v) is 4.98. The van der Waals surface area contributed by atoms with E-state index in [2.05, 4.69) is 0 Å². The highest BCUT2D eigenvalue weighted by molar-refractivity contribution is 7.76. The van der Waals surface area contributed by atoms with Gasteiger partial charge in [0.15, 0.2) is 0 Å². The molecule has 5 heteroatoms. The van der Waals surface area contributed by atoms with Crippen LogP contribution in [0.15, 0.2) is 0 Å². The van der Waals surface area contributed by atoms with E-state index in [0.717, 1.165) is 0 Å². The number of hydrogen-bond donors (Lipinski definition) is 1. The fourth-order valence-electron chi connectivity index (χ4n) is 0.930. The van der Waals surface area contributed by atoms with Gasteiger partial charge in [0.1, 0.15) is 0 Å². The first-order valence-electron chi connectivity index (χ1n) is 3.91. The number of ether oxygens (including phenoxy) is 1. The summed E-state index contributed by atoms with van der Waals surface area (Å²) in [5.74, 6) is 0. The third-order valence-electron chi connectivity index (χ3n) is 1.71. The molecule has 1 N–H and O–H groups in total. The molecular formula is C7H15NO3S. The van der Waals surface area contributed by atoms with Crippen molar-refractivity contribution in [1.29, 1.82) is 0 Å². The fraction of sp³-hybridized carbons (Fsp3) is 1.00. The summed E-state index contributed by atoms with van der Waals surface area (Å²) in [6, 6.07) is 0. The van der Waals surface area contributed by atoms with Crippen LogP contribution < -0.4 is 0 Å². The monoisotopic (exact) mass is 193 g/mol. The van der Waals surface area contributed by atoms with Crippen molar-refractivity contribution in [3.05, 3.63) is 0 Å². The lowest BCUT2D eigenvalue weighted by Crippen LogP contribution is -2.44. The molecule has 0 aromatic carbocycles. The molecule has 2 atom stereocenters.